The van der Waals surface area contributed by atoms with Gasteiger partial charge in [0, 0.05) is 58.6 Å². The number of rotatable bonds is 9. The quantitative estimate of drug-likeness (QED) is 0.133. The number of carbonyl (C=O) groups excluding carboxylic acids is 5. The summed E-state index contributed by atoms with van der Waals surface area (Å²) in [5.41, 5.74) is 3.23. The number of benzene rings is 2. The van der Waals surface area contributed by atoms with Crippen LogP contribution >= 0.6 is 0 Å². The molecule has 14 nitrogen and oxygen atoms in total. The van der Waals surface area contributed by atoms with Crippen molar-refractivity contribution in [3.8, 4) is 0 Å². The number of imide groups is 2. The standard InChI is InChI=1S/C48H58N8O6/c1-46(2,3)39-11-7-10-35(50-39)42(58)51-37-22-29-27-55(53-36(29)23-33(37)47(4,5)62)31-14-12-28(13-15-31)26-54-20-18-48(19-21-54)24-30(25-48)49-34-9-6-8-32-41(34)45(61)56(44(32)60)38-16-17-40(57)52-43(38)59/h6-11,22-23,27-28,30-31,38,49,62H,12-21,24-26H2,1-5H3,(H,51,58)(H,52,57,59)/t28-,31-,38?. The number of nitrogens with one attached hydrogen (secondary N) is 3. The van der Waals surface area contributed by atoms with Crippen LogP contribution in [0, 0.1) is 11.3 Å². The Balaban J connectivity index is 0.766. The second-order valence-corrected chi connectivity index (χ2v) is 20.1. The lowest BCUT2D eigenvalue weighted by Crippen LogP contribution is -2.54. The van der Waals surface area contributed by atoms with Gasteiger partial charge in [-0.3, -0.25) is 38.9 Å². The summed E-state index contributed by atoms with van der Waals surface area (Å²) in [6.45, 7) is 12.9. The first kappa shape index (κ1) is 41.9. The normalized spacial score (nSPS) is 23.4. The Morgan fingerprint density at radius 1 is 0.903 bits per heavy atom. The summed E-state index contributed by atoms with van der Waals surface area (Å²) >= 11 is 0. The third-order valence-electron chi connectivity index (χ3n) is 14.1. The van der Waals surface area contributed by atoms with E-state index in [1.807, 2.05) is 30.3 Å². The minimum Gasteiger partial charge on any atom is -0.386 e. The van der Waals surface area contributed by atoms with Crippen LogP contribution in [0.4, 0.5) is 11.4 Å². The lowest BCUT2D eigenvalue weighted by molar-refractivity contribution is -0.136. The van der Waals surface area contributed by atoms with E-state index in [-0.39, 0.29) is 47.6 Å². The summed E-state index contributed by atoms with van der Waals surface area (Å²) in [7, 11) is 0. The number of pyridine rings is 1. The van der Waals surface area contributed by atoms with Gasteiger partial charge >= 0.3 is 0 Å². The average molecular weight is 843 g/mol. The van der Waals surface area contributed by atoms with Crippen molar-refractivity contribution in [3.63, 3.8) is 0 Å². The van der Waals surface area contributed by atoms with Crippen LogP contribution in [0.5, 0.6) is 0 Å². The van der Waals surface area contributed by atoms with Crippen molar-refractivity contribution in [2.45, 2.75) is 128 Å². The van der Waals surface area contributed by atoms with E-state index in [0.717, 1.165) is 92.5 Å². The molecule has 2 saturated carbocycles. The number of carbonyl (C=O) groups is 5. The molecule has 4 fully saturated rings. The van der Waals surface area contributed by atoms with Crippen LogP contribution in [-0.4, -0.2) is 90.9 Å². The fourth-order valence-corrected chi connectivity index (χ4v) is 10.6. The van der Waals surface area contributed by atoms with Crippen molar-refractivity contribution in [3.05, 3.63) is 82.8 Å². The molecule has 5 amide bonds. The summed E-state index contributed by atoms with van der Waals surface area (Å²) < 4.78 is 2.09. The van der Waals surface area contributed by atoms with Crippen LogP contribution in [0.2, 0.25) is 0 Å². The number of aliphatic hydroxyl groups is 1. The van der Waals surface area contributed by atoms with Crippen LogP contribution in [-0.2, 0) is 20.6 Å². The van der Waals surface area contributed by atoms with Gasteiger partial charge in [0.15, 0.2) is 0 Å². The van der Waals surface area contributed by atoms with E-state index in [0.29, 0.717) is 39.7 Å². The SMILES string of the molecule is CC(C)(C)c1cccc(C(=O)Nc2cc3cn([C@H]4CC[C@H](CN5CCC6(CC5)CC(Nc5cccc7c5C(=O)N(C5CCC(=O)NC5=O)C7=O)C6)CC4)nc3cc2C(C)(C)O)n1. The number of amides is 5. The molecule has 62 heavy (non-hydrogen) atoms. The maximum Gasteiger partial charge on any atom is 0.274 e. The molecule has 2 aromatic heterocycles. The maximum atomic E-state index is 13.6. The van der Waals surface area contributed by atoms with E-state index in [1.54, 1.807) is 32.0 Å². The third kappa shape index (κ3) is 8.03. The number of hydrogen-bond acceptors (Lipinski definition) is 10. The van der Waals surface area contributed by atoms with Gasteiger partial charge in [-0.15, -0.1) is 0 Å². The first-order valence-corrected chi connectivity index (χ1v) is 22.3. The number of likely N-dealkylation sites (tertiary alicyclic amines) is 1. The number of piperidine rings is 2. The number of anilines is 2. The summed E-state index contributed by atoms with van der Waals surface area (Å²) in [6, 6.07) is 14.1. The lowest BCUT2D eigenvalue weighted by atomic mass is 9.60. The summed E-state index contributed by atoms with van der Waals surface area (Å²) in [4.78, 5) is 72.9. The summed E-state index contributed by atoms with van der Waals surface area (Å²) in [6.07, 6.45) is 11.0. The van der Waals surface area contributed by atoms with E-state index in [4.69, 9.17) is 5.10 Å². The molecule has 0 bridgehead atoms. The van der Waals surface area contributed by atoms with Crippen LogP contribution in [0.3, 0.4) is 0 Å². The van der Waals surface area contributed by atoms with Crippen LogP contribution in [0.15, 0.2) is 54.7 Å². The zero-order chi connectivity index (χ0) is 43.7. The Labute approximate surface area is 362 Å². The molecule has 0 radical (unpaired) electrons. The highest BCUT2D eigenvalue weighted by atomic mass is 16.3. The molecule has 2 aromatic carbocycles. The largest absolute Gasteiger partial charge is 0.386 e. The monoisotopic (exact) mass is 842 g/mol. The smallest absolute Gasteiger partial charge is 0.274 e. The average Bonchev–Trinajstić information content (AvgIpc) is 3.75. The Morgan fingerprint density at radius 3 is 2.32 bits per heavy atom. The van der Waals surface area contributed by atoms with E-state index >= 15 is 0 Å². The molecule has 1 unspecified atom stereocenters. The van der Waals surface area contributed by atoms with Crippen LogP contribution in [0.25, 0.3) is 10.9 Å². The Kier molecular flexibility index (Phi) is 10.6. The van der Waals surface area contributed by atoms with Gasteiger partial charge in [-0.05, 0) is 132 Å². The van der Waals surface area contributed by atoms with Crippen LogP contribution < -0.4 is 16.0 Å². The zero-order valence-electron chi connectivity index (χ0n) is 36.4. The predicted octanol–water partition coefficient (Wildman–Crippen LogP) is 6.70. The summed E-state index contributed by atoms with van der Waals surface area (Å²) in [5.74, 6) is -1.65. The second-order valence-electron chi connectivity index (χ2n) is 20.1. The molecule has 14 heteroatoms. The highest BCUT2D eigenvalue weighted by Gasteiger charge is 2.49. The minimum absolute atomic E-state index is 0.0912. The first-order valence-electron chi connectivity index (χ1n) is 22.3. The minimum atomic E-state index is -1.21. The second kappa shape index (κ2) is 15.7. The van der Waals surface area contributed by atoms with Gasteiger partial charge in [0.25, 0.3) is 17.7 Å². The van der Waals surface area contributed by atoms with E-state index in [9.17, 15) is 29.1 Å². The van der Waals surface area contributed by atoms with E-state index < -0.39 is 29.4 Å². The molecular formula is C48H58N8O6. The molecule has 2 aliphatic carbocycles. The number of fused-ring (bicyclic) bond motifs is 2. The molecule has 5 heterocycles. The van der Waals surface area contributed by atoms with Gasteiger partial charge in [-0.2, -0.15) is 5.10 Å². The van der Waals surface area contributed by atoms with Crippen molar-refractivity contribution >= 4 is 51.8 Å². The molecular weight excluding hydrogens is 785 g/mol. The summed E-state index contributed by atoms with van der Waals surface area (Å²) in [5, 5.41) is 25.9. The molecule has 2 saturated heterocycles. The number of nitrogens with zero attached hydrogens (tertiary/aromatic N) is 5. The topological polar surface area (TPSA) is 179 Å². The van der Waals surface area contributed by atoms with Gasteiger partial charge in [0.05, 0.1) is 28.3 Å². The molecule has 1 spiro atoms. The zero-order valence-corrected chi connectivity index (χ0v) is 36.4. The lowest BCUT2D eigenvalue weighted by Gasteiger charge is -2.53. The van der Waals surface area contributed by atoms with Gasteiger partial charge in [0.1, 0.15) is 11.7 Å². The first-order chi connectivity index (χ1) is 29.4. The van der Waals surface area contributed by atoms with Gasteiger partial charge < -0.3 is 20.6 Å². The maximum absolute atomic E-state index is 13.6. The molecule has 326 valence electrons. The molecule has 9 rings (SSSR count). The van der Waals surface area contributed by atoms with Crippen molar-refractivity contribution in [2.75, 3.05) is 30.3 Å². The third-order valence-corrected chi connectivity index (χ3v) is 14.1. The highest BCUT2D eigenvalue weighted by molar-refractivity contribution is 6.25. The Morgan fingerprint density at radius 2 is 1.63 bits per heavy atom. The highest BCUT2D eigenvalue weighted by Crippen LogP contribution is 2.51. The van der Waals surface area contributed by atoms with Crippen LogP contribution in [0.1, 0.15) is 147 Å². The predicted molar refractivity (Wildman–Crippen MR) is 235 cm³/mol. The Hall–Kier alpha value is -5.47. The van der Waals surface area contributed by atoms with Crippen molar-refractivity contribution in [1.29, 1.82) is 0 Å². The molecule has 5 aliphatic rings. The fourth-order valence-electron chi connectivity index (χ4n) is 10.6. The van der Waals surface area contributed by atoms with Gasteiger partial charge in [-0.1, -0.05) is 32.9 Å². The molecule has 1 atom stereocenters. The van der Waals surface area contributed by atoms with Crippen molar-refractivity contribution < 1.29 is 29.1 Å². The van der Waals surface area contributed by atoms with Gasteiger partial charge in [-0.25, -0.2) is 4.98 Å². The van der Waals surface area contributed by atoms with Gasteiger partial charge in [0.2, 0.25) is 11.8 Å². The van der Waals surface area contributed by atoms with E-state index in [2.05, 4.69) is 57.5 Å². The number of aromatic nitrogens is 3. The van der Waals surface area contributed by atoms with Crippen molar-refractivity contribution in [2.24, 2.45) is 11.3 Å². The molecule has 4 aromatic rings. The van der Waals surface area contributed by atoms with E-state index in [1.165, 1.54) is 0 Å². The van der Waals surface area contributed by atoms with Crippen molar-refractivity contribution in [1.82, 2.24) is 29.9 Å². The number of hydrogen-bond donors (Lipinski definition) is 4. The Bertz CT molecular complexity index is 2460. The molecule has 3 aliphatic heterocycles. The fraction of sp³-hybridized carbons (Fsp3) is 0.521. The molecule has 4 N–H and O–H groups in total.